The lowest BCUT2D eigenvalue weighted by Gasteiger charge is -2.20. The van der Waals surface area contributed by atoms with Crippen LogP contribution in [0.25, 0.3) is 22.3 Å². The smallest absolute Gasteiger partial charge is 0.0613 e. The first kappa shape index (κ1) is 24.1. The van der Waals surface area contributed by atoms with E-state index in [1.54, 1.807) is 14.3 Å². The molecule has 2 heterocycles. The number of hydrogen-bond acceptors (Lipinski definition) is 0. The summed E-state index contributed by atoms with van der Waals surface area (Å²) >= 11 is 0.107. The molecule has 0 bridgehead atoms. The quantitative estimate of drug-likeness (QED) is 0.218. The van der Waals surface area contributed by atoms with Crippen molar-refractivity contribution in [3.05, 3.63) is 110 Å². The Hall–Kier alpha value is -1.66. The zero-order valence-electron chi connectivity index (χ0n) is 20.8. The summed E-state index contributed by atoms with van der Waals surface area (Å²) in [4.78, 5) is 0. The van der Waals surface area contributed by atoms with Gasteiger partial charge in [-0.05, 0) is 70.5 Å². The molecule has 0 unspecified atom stereocenters. The van der Waals surface area contributed by atoms with Gasteiger partial charge in [0.15, 0.2) is 0 Å². The van der Waals surface area contributed by atoms with Crippen LogP contribution in [0.4, 0.5) is 0 Å². The summed E-state index contributed by atoms with van der Waals surface area (Å²) in [6.45, 7) is 13.8. The number of halogens is 2. The van der Waals surface area contributed by atoms with Gasteiger partial charge in [-0.1, -0.05) is 77.9 Å². The molecule has 0 radical (unpaired) electrons. The normalized spacial score (nSPS) is 13.4. The molecular formula is C32H32I2+2. The third-order valence-corrected chi connectivity index (χ3v) is 12.5. The van der Waals surface area contributed by atoms with Crippen LogP contribution in [-0.2, 0) is 10.8 Å². The van der Waals surface area contributed by atoms with E-state index in [1.165, 1.54) is 33.4 Å². The maximum Gasteiger partial charge on any atom is 0.359 e. The molecule has 0 aliphatic carbocycles. The van der Waals surface area contributed by atoms with Crippen LogP contribution >= 0.6 is 0 Å². The van der Waals surface area contributed by atoms with Gasteiger partial charge in [-0.3, -0.25) is 0 Å². The molecule has 0 saturated heterocycles. The SMILES string of the molecule is CC(C)(C)c1ccc2c(c1)-c1cc(C(C)(C)C)ccc1[I+]2.c1ccc2c(c1)[I+]c1ccccc1-2. The van der Waals surface area contributed by atoms with Crippen molar-refractivity contribution in [3.63, 3.8) is 0 Å². The van der Waals surface area contributed by atoms with Crippen molar-refractivity contribution < 1.29 is 42.4 Å². The molecule has 172 valence electrons. The zero-order valence-corrected chi connectivity index (χ0v) is 25.2. The summed E-state index contributed by atoms with van der Waals surface area (Å²) in [5.41, 5.74) is 9.25. The van der Waals surface area contributed by atoms with E-state index in [9.17, 15) is 0 Å². The fraction of sp³-hybridized carbons (Fsp3) is 0.250. The van der Waals surface area contributed by atoms with Gasteiger partial charge >= 0.3 is 42.4 Å². The highest BCUT2D eigenvalue weighted by molar-refractivity contribution is 5.67. The number of benzene rings is 4. The van der Waals surface area contributed by atoms with Gasteiger partial charge in [-0.25, -0.2) is 0 Å². The third kappa shape index (κ3) is 4.73. The van der Waals surface area contributed by atoms with Crippen LogP contribution in [0, 0.1) is 14.3 Å². The molecule has 4 aromatic carbocycles. The van der Waals surface area contributed by atoms with E-state index < -0.39 is 0 Å². The molecule has 0 amide bonds. The number of fused-ring (bicyclic) bond motifs is 6. The molecule has 2 aliphatic rings. The molecule has 0 aromatic heterocycles. The fourth-order valence-electron chi connectivity index (χ4n) is 4.30. The van der Waals surface area contributed by atoms with Crippen molar-refractivity contribution in [3.8, 4) is 22.3 Å². The van der Waals surface area contributed by atoms with E-state index in [0.29, 0.717) is 0 Å². The van der Waals surface area contributed by atoms with Crippen LogP contribution < -0.4 is 42.4 Å². The first-order valence-corrected chi connectivity index (χ1v) is 16.2. The Morgan fingerprint density at radius 1 is 0.412 bits per heavy atom. The van der Waals surface area contributed by atoms with Crippen molar-refractivity contribution in [2.75, 3.05) is 0 Å². The lowest BCUT2D eigenvalue weighted by atomic mass is 9.83. The maximum absolute atomic E-state index is 2.44. The summed E-state index contributed by atoms with van der Waals surface area (Å²) in [5.74, 6) is 0. The first-order valence-electron chi connectivity index (χ1n) is 11.9. The van der Waals surface area contributed by atoms with E-state index in [2.05, 4.69) is 126 Å². The molecule has 0 saturated carbocycles. The highest BCUT2D eigenvalue weighted by Crippen LogP contribution is 2.32. The van der Waals surface area contributed by atoms with Gasteiger partial charge in [0.1, 0.15) is 0 Å². The summed E-state index contributed by atoms with van der Waals surface area (Å²) in [5, 5.41) is 0. The summed E-state index contributed by atoms with van der Waals surface area (Å²) in [6.07, 6.45) is 0. The van der Waals surface area contributed by atoms with Crippen LogP contribution in [0.1, 0.15) is 52.7 Å². The molecule has 34 heavy (non-hydrogen) atoms. The van der Waals surface area contributed by atoms with Gasteiger partial charge in [-0.15, -0.1) is 0 Å². The average molecular weight is 670 g/mol. The second-order valence-corrected chi connectivity index (χ2v) is 16.8. The van der Waals surface area contributed by atoms with Gasteiger partial charge in [0.2, 0.25) is 14.3 Å². The monoisotopic (exact) mass is 670 g/mol. The molecule has 0 spiro atoms. The summed E-state index contributed by atoms with van der Waals surface area (Å²) in [7, 11) is 0. The first-order chi connectivity index (χ1) is 16.1. The Balaban J connectivity index is 0.000000157. The van der Waals surface area contributed by atoms with Crippen LogP contribution in [0.3, 0.4) is 0 Å². The van der Waals surface area contributed by atoms with Gasteiger partial charge in [0.05, 0.1) is 0 Å². The second-order valence-electron chi connectivity index (χ2n) is 11.0. The molecular weight excluding hydrogens is 638 g/mol. The Morgan fingerprint density at radius 2 is 0.765 bits per heavy atom. The largest absolute Gasteiger partial charge is 0.359 e. The van der Waals surface area contributed by atoms with Crippen molar-refractivity contribution in [2.24, 2.45) is 0 Å². The van der Waals surface area contributed by atoms with E-state index in [-0.39, 0.29) is 53.2 Å². The molecule has 4 aromatic rings. The Morgan fingerprint density at radius 3 is 1.15 bits per heavy atom. The number of rotatable bonds is 0. The fourth-order valence-corrected chi connectivity index (χ4v) is 10.0. The van der Waals surface area contributed by atoms with Gasteiger partial charge in [-0.2, -0.15) is 0 Å². The lowest BCUT2D eigenvalue weighted by Crippen LogP contribution is -3.61. The van der Waals surface area contributed by atoms with Crippen molar-refractivity contribution in [2.45, 2.75) is 52.4 Å². The predicted octanol–water partition coefficient (Wildman–Crippen LogP) is 2.19. The van der Waals surface area contributed by atoms with Crippen molar-refractivity contribution in [1.29, 1.82) is 0 Å². The average Bonchev–Trinajstić information content (AvgIpc) is 3.35. The molecule has 2 heteroatoms. The van der Waals surface area contributed by atoms with Crippen LogP contribution in [0.2, 0.25) is 0 Å². The molecule has 0 N–H and O–H groups in total. The zero-order chi connectivity index (χ0) is 24.1. The molecule has 0 atom stereocenters. The van der Waals surface area contributed by atoms with Gasteiger partial charge < -0.3 is 0 Å². The molecule has 2 aliphatic heterocycles. The summed E-state index contributed by atoms with van der Waals surface area (Å²) < 4.78 is 6.32. The highest BCUT2D eigenvalue weighted by Gasteiger charge is 2.35. The predicted molar refractivity (Wildman–Crippen MR) is 136 cm³/mol. The van der Waals surface area contributed by atoms with Crippen molar-refractivity contribution in [1.82, 2.24) is 0 Å². The number of hydrogen-bond donors (Lipinski definition) is 0. The topological polar surface area (TPSA) is 0 Å². The second kappa shape index (κ2) is 9.09. The molecule has 6 rings (SSSR count). The minimum atomic E-state index is 0.00377. The summed E-state index contributed by atoms with van der Waals surface area (Å²) in [6, 6.07) is 31.8. The van der Waals surface area contributed by atoms with Crippen LogP contribution in [-0.4, -0.2) is 0 Å². The van der Waals surface area contributed by atoms with E-state index in [4.69, 9.17) is 0 Å². The minimum absolute atomic E-state index is 0.00377. The van der Waals surface area contributed by atoms with Crippen molar-refractivity contribution >= 4 is 0 Å². The van der Waals surface area contributed by atoms with Gasteiger partial charge in [0.25, 0.3) is 0 Å². The Labute approximate surface area is 225 Å². The van der Waals surface area contributed by atoms with Gasteiger partial charge in [0, 0.05) is 22.3 Å². The van der Waals surface area contributed by atoms with E-state index >= 15 is 0 Å². The molecule has 0 nitrogen and oxygen atoms in total. The standard InChI is InChI=1S/C20H24I.C12H8I/c1-19(2,3)13-7-9-17-15(11-13)16-12-14(20(4,5)6)8-10-18(16)21-17;1-3-7-11-9(5-1)10-6-2-4-8-12(10)13-11/h7-12H,1-6H3;1-8H/q2*+1. The Bertz CT molecular complexity index is 1260. The van der Waals surface area contributed by atoms with E-state index in [1.807, 2.05) is 0 Å². The minimum Gasteiger partial charge on any atom is -0.0613 e. The molecule has 0 fully saturated rings. The highest BCUT2D eigenvalue weighted by atomic mass is 127. The lowest BCUT2D eigenvalue weighted by molar-refractivity contribution is -0.590. The van der Waals surface area contributed by atoms with E-state index in [0.717, 1.165) is 0 Å². The maximum atomic E-state index is 2.44. The third-order valence-electron chi connectivity index (χ3n) is 6.40. The van der Waals surface area contributed by atoms with Crippen LogP contribution in [0.5, 0.6) is 0 Å². The van der Waals surface area contributed by atoms with Crippen LogP contribution in [0.15, 0.2) is 84.9 Å². The Kier molecular flexibility index (Phi) is 6.43.